The lowest BCUT2D eigenvalue weighted by molar-refractivity contribution is 0.645. The standard InChI is InChI=1S/C52H32N2O2/c1-2-13-38-34(12-1)32-45(40-15-4-3-14-39(38)40)33-24-26-35(27-25-33)53(47-21-11-19-42-41-16-6-9-22-48(41)55-51(42)47)36-28-30-37(31-29-36)54-46-20-8-5-17-43(46)50-44-18-7-10-23-49(44)56-52(50)54/h1-32H. The highest BCUT2D eigenvalue weighted by Gasteiger charge is 2.22. The third-order valence-corrected chi connectivity index (χ3v) is 11.4. The van der Waals surface area contributed by atoms with Gasteiger partial charge in [-0.05, 0) is 99.4 Å². The number of fused-ring (bicyclic) bond motifs is 11. The summed E-state index contributed by atoms with van der Waals surface area (Å²) >= 11 is 0. The SMILES string of the molecule is c1ccc2c(c1)cc(-c1ccc(N(c3ccc(-n4c5ccccc5c5c6ccccc6oc54)cc3)c3cccc4c3oc3ccccc34)cc1)c1ccccc12. The van der Waals surface area contributed by atoms with Gasteiger partial charge in [-0.25, -0.2) is 0 Å². The quantitative estimate of drug-likeness (QED) is 0.166. The fourth-order valence-electron chi connectivity index (χ4n) is 8.87. The molecule has 4 nitrogen and oxygen atoms in total. The first-order valence-electron chi connectivity index (χ1n) is 19.0. The van der Waals surface area contributed by atoms with Crippen LogP contribution in [0.2, 0.25) is 0 Å². The minimum Gasteiger partial charge on any atom is -0.454 e. The summed E-state index contributed by atoms with van der Waals surface area (Å²) in [5.41, 5.74) is 11.0. The lowest BCUT2D eigenvalue weighted by Crippen LogP contribution is -2.10. The van der Waals surface area contributed by atoms with Crippen LogP contribution in [0.25, 0.3) is 93.3 Å². The Balaban J connectivity index is 1.03. The van der Waals surface area contributed by atoms with Crippen LogP contribution >= 0.6 is 0 Å². The molecule has 0 aliphatic carbocycles. The van der Waals surface area contributed by atoms with Gasteiger partial charge in [-0.1, -0.05) is 127 Å². The highest BCUT2D eigenvalue weighted by molar-refractivity contribution is 6.20. The number of aromatic nitrogens is 1. The van der Waals surface area contributed by atoms with Crippen LogP contribution in [0.15, 0.2) is 203 Å². The summed E-state index contributed by atoms with van der Waals surface area (Å²) in [6, 6.07) is 68.9. The van der Waals surface area contributed by atoms with Crippen molar-refractivity contribution in [3.63, 3.8) is 0 Å². The Bertz CT molecular complexity index is 3480. The number of para-hydroxylation sites is 4. The Hall–Kier alpha value is -7.56. The van der Waals surface area contributed by atoms with Crippen molar-refractivity contribution in [1.82, 2.24) is 4.57 Å². The summed E-state index contributed by atoms with van der Waals surface area (Å²) in [6.07, 6.45) is 0. The summed E-state index contributed by atoms with van der Waals surface area (Å²) in [7, 11) is 0. The van der Waals surface area contributed by atoms with E-state index in [0.717, 1.165) is 72.3 Å². The molecule has 0 unspecified atom stereocenters. The number of anilines is 3. The topological polar surface area (TPSA) is 34.5 Å². The van der Waals surface area contributed by atoms with E-state index in [0.29, 0.717) is 0 Å². The third-order valence-electron chi connectivity index (χ3n) is 11.4. The molecule has 4 heteroatoms. The van der Waals surface area contributed by atoms with Crippen LogP contribution in [0.3, 0.4) is 0 Å². The van der Waals surface area contributed by atoms with E-state index < -0.39 is 0 Å². The van der Waals surface area contributed by atoms with E-state index in [4.69, 9.17) is 8.83 Å². The summed E-state index contributed by atoms with van der Waals surface area (Å²) in [4.78, 5) is 2.31. The van der Waals surface area contributed by atoms with Gasteiger partial charge in [-0.15, -0.1) is 0 Å². The van der Waals surface area contributed by atoms with Crippen LogP contribution in [-0.4, -0.2) is 4.57 Å². The first-order valence-corrected chi connectivity index (χ1v) is 19.0. The zero-order valence-electron chi connectivity index (χ0n) is 30.2. The Morgan fingerprint density at radius 1 is 0.411 bits per heavy atom. The second-order valence-corrected chi connectivity index (χ2v) is 14.5. The van der Waals surface area contributed by atoms with Crippen LogP contribution in [0, 0.1) is 0 Å². The molecule has 0 saturated heterocycles. The fourth-order valence-corrected chi connectivity index (χ4v) is 8.87. The van der Waals surface area contributed by atoms with Crippen LogP contribution < -0.4 is 4.90 Å². The van der Waals surface area contributed by atoms with Gasteiger partial charge in [0.2, 0.25) is 5.71 Å². The molecule has 3 aromatic heterocycles. The molecule has 56 heavy (non-hydrogen) atoms. The number of nitrogens with zero attached hydrogens (tertiary/aromatic N) is 2. The van der Waals surface area contributed by atoms with Gasteiger partial charge in [0, 0.05) is 38.6 Å². The van der Waals surface area contributed by atoms with Crippen LogP contribution in [0.5, 0.6) is 0 Å². The molecule has 0 saturated carbocycles. The Morgan fingerprint density at radius 2 is 1.00 bits per heavy atom. The maximum atomic E-state index is 6.64. The zero-order chi connectivity index (χ0) is 36.7. The molecule has 0 bridgehead atoms. The van der Waals surface area contributed by atoms with Crippen molar-refractivity contribution in [1.29, 1.82) is 0 Å². The van der Waals surface area contributed by atoms with Crippen LogP contribution in [0.4, 0.5) is 17.1 Å². The molecule has 12 aromatic rings. The number of furan rings is 2. The molecule has 0 amide bonds. The first-order chi connectivity index (χ1) is 27.8. The number of hydrogen-bond acceptors (Lipinski definition) is 3. The van der Waals surface area contributed by atoms with E-state index in [9.17, 15) is 0 Å². The molecule has 0 fully saturated rings. The molecule has 0 N–H and O–H groups in total. The molecule has 262 valence electrons. The maximum Gasteiger partial charge on any atom is 0.213 e. The molecule has 0 atom stereocenters. The van der Waals surface area contributed by atoms with Gasteiger partial charge < -0.3 is 13.7 Å². The van der Waals surface area contributed by atoms with Gasteiger partial charge in [-0.3, -0.25) is 4.57 Å². The lowest BCUT2D eigenvalue weighted by atomic mass is 9.93. The van der Waals surface area contributed by atoms with Crippen molar-refractivity contribution in [2.45, 2.75) is 0 Å². The van der Waals surface area contributed by atoms with Gasteiger partial charge in [0.25, 0.3) is 0 Å². The second-order valence-electron chi connectivity index (χ2n) is 14.5. The number of hydrogen-bond donors (Lipinski definition) is 0. The van der Waals surface area contributed by atoms with Crippen molar-refractivity contribution in [3.05, 3.63) is 194 Å². The maximum absolute atomic E-state index is 6.64. The molecule has 12 rings (SSSR count). The summed E-state index contributed by atoms with van der Waals surface area (Å²) in [5.74, 6) is 0. The van der Waals surface area contributed by atoms with Crippen molar-refractivity contribution < 1.29 is 8.83 Å². The van der Waals surface area contributed by atoms with E-state index in [1.807, 2.05) is 24.3 Å². The van der Waals surface area contributed by atoms with Crippen molar-refractivity contribution in [2.24, 2.45) is 0 Å². The highest BCUT2D eigenvalue weighted by atomic mass is 16.3. The van der Waals surface area contributed by atoms with Crippen molar-refractivity contribution in [3.8, 4) is 16.8 Å². The molecule has 3 heterocycles. The molecule has 0 aliphatic rings. The predicted molar refractivity (Wildman–Crippen MR) is 233 cm³/mol. The van der Waals surface area contributed by atoms with Gasteiger partial charge >= 0.3 is 0 Å². The average molecular weight is 717 g/mol. The predicted octanol–water partition coefficient (Wildman–Crippen LogP) is 14.9. The molecular formula is C52H32N2O2. The van der Waals surface area contributed by atoms with E-state index in [2.05, 4.69) is 179 Å². The largest absolute Gasteiger partial charge is 0.454 e. The number of rotatable bonds is 5. The number of benzene rings is 9. The average Bonchev–Trinajstić information content (AvgIpc) is 3.93. The molecule has 0 radical (unpaired) electrons. The molecular weight excluding hydrogens is 685 g/mol. The Morgan fingerprint density at radius 3 is 1.79 bits per heavy atom. The van der Waals surface area contributed by atoms with Crippen molar-refractivity contribution in [2.75, 3.05) is 4.90 Å². The minimum atomic E-state index is 0.848. The molecule has 9 aromatic carbocycles. The van der Waals surface area contributed by atoms with E-state index in [1.54, 1.807) is 0 Å². The molecule has 0 spiro atoms. The normalized spacial score (nSPS) is 11.9. The Kier molecular flexibility index (Phi) is 6.60. The minimum absolute atomic E-state index is 0.848. The van der Waals surface area contributed by atoms with E-state index in [1.165, 1.54) is 38.1 Å². The molecule has 0 aliphatic heterocycles. The highest BCUT2D eigenvalue weighted by Crippen LogP contribution is 2.44. The van der Waals surface area contributed by atoms with Crippen molar-refractivity contribution >= 4 is 93.5 Å². The van der Waals surface area contributed by atoms with Gasteiger partial charge in [-0.2, -0.15) is 0 Å². The fraction of sp³-hybridized carbons (Fsp3) is 0. The van der Waals surface area contributed by atoms with E-state index in [-0.39, 0.29) is 0 Å². The van der Waals surface area contributed by atoms with Crippen LogP contribution in [-0.2, 0) is 0 Å². The summed E-state index contributed by atoms with van der Waals surface area (Å²) in [5, 5.41) is 10.6. The van der Waals surface area contributed by atoms with Gasteiger partial charge in [0.1, 0.15) is 11.2 Å². The van der Waals surface area contributed by atoms with Gasteiger partial charge in [0.05, 0.1) is 16.6 Å². The van der Waals surface area contributed by atoms with Crippen LogP contribution in [0.1, 0.15) is 0 Å². The van der Waals surface area contributed by atoms with Gasteiger partial charge in [0.15, 0.2) is 5.58 Å². The monoisotopic (exact) mass is 716 g/mol. The Labute approximate surface area is 321 Å². The summed E-state index contributed by atoms with van der Waals surface area (Å²) < 4.78 is 15.4. The first kappa shape index (κ1) is 30.9. The third kappa shape index (κ3) is 4.53. The smallest absolute Gasteiger partial charge is 0.213 e. The zero-order valence-corrected chi connectivity index (χ0v) is 30.2. The summed E-state index contributed by atoms with van der Waals surface area (Å²) in [6.45, 7) is 0. The lowest BCUT2D eigenvalue weighted by Gasteiger charge is -2.26. The van der Waals surface area contributed by atoms with E-state index >= 15 is 0 Å². The second kappa shape index (κ2) is 12.0.